The fourth-order valence-corrected chi connectivity index (χ4v) is 3.22. The molecule has 0 amide bonds. The van der Waals surface area contributed by atoms with E-state index >= 15 is 0 Å². The second-order valence-corrected chi connectivity index (χ2v) is 6.40. The molecule has 1 N–H and O–H groups in total. The van der Waals surface area contributed by atoms with E-state index < -0.39 is 0 Å². The fraction of sp³-hybridized carbons (Fsp3) is 1.00. The molecule has 0 aromatic heterocycles. The summed E-state index contributed by atoms with van der Waals surface area (Å²) >= 11 is 0. The van der Waals surface area contributed by atoms with Crippen molar-refractivity contribution in [3.63, 3.8) is 0 Å². The molecule has 2 aliphatic rings. The molecule has 0 aromatic rings. The quantitative estimate of drug-likeness (QED) is 0.705. The summed E-state index contributed by atoms with van der Waals surface area (Å²) in [5.74, 6) is 1.91. The lowest BCUT2D eigenvalue weighted by Crippen LogP contribution is -2.44. The van der Waals surface area contributed by atoms with Gasteiger partial charge in [-0.2, -0.15) is 0 Å². The predicted octanol–water partition coefficient (Wildman–Crippen LogP) is 3.59. The van der Waals surface area contributed by atoms with Crippen LogP contribution in [0.3, 0.4) is 0 Å². The largest absolute Gasteiger partial charge is 0.314 e. The molecule has 0 radical (unpaired) electrons. The van der Waals surface area contributed by atoms with E-state index in [2.05, 4.69) is 26.1 Å². The molecule has 1 unspecified atom stereocenters. The van der Waals surface area contributed by atoms with Crippen LogP contribution in [0.4, 0.5) is 0 Å². The molecular formula is C14H27N. The van der Waals surface area contributed by atoms with E-state index in [-0.39, 0.29) is 0 Å². The summed E-state index contributed by atoms with van der Waals surface area (Å²) in [7, 11) is 0. The van der Waals surface area contributed by atoms with Crippen LogP contribution < -0.4 is 5.32 Å². The van der Waals surface area contributed by atoms with Gasteiger partial charge in [0.15, 0.2) is 0 Å². The smallest absolute Gasteiger partial charge is 0.00413 e. The number of hydrogen-bond acceptors (Lipinski definition) is 1. The highest BCUT2D eigenvalue weighted by Crippen LogP contribution is 2.56. The first-order valence-corrected chi connectivity index (χ1v) is 6.86. The van der Waals surface area contributed by atoms with Crippen molar-refractivity contribution in [3.05, 3.63) is 0 Å². The minimum atomic E-state index is 0.709. The molecule has 2 aliphatic carbocycles. The zero-order valence-corrected chi connectivity index (χ0v) is 10.7. The predicted molar refractivity (Wildman–Crippen MR) is 65.9 cm³/mol. The SMILES string of the molecule is CC(C)CC(C)NCC1(C2CC2)CCC1. The molecule has 0 spiro atoms. The van der Waals surface area contributed by atoms with Crippen molar-refractivity contribution in [1.82, 2.24) is 5.32 Å². The van der Waals surface area contributed by atoms with E-state index in [1.165, 1.54) is 45.1 Å². The van der Waals surface area contributed by atoms with E-state index in [0.717, 1.165) is 17.3 Å². The van der Waals surface area contributed by atoms with Crippen LogP contribution in [-0.2, 0) is 0 Å². The first-order valence-electron chi connectivity index (χ1n) is 6.86. The van der Waals surface area contributed by atoms with E-state index in [9.17, 15) is 0 Å². The molecule has 0 aliphatic heterocycles. The highest BCUT2D eigenvalue weighted by Gasteiger charge is 2.48. The van der Waals surface area contributed by atoms with Gasteiger partial charge in [-0.3, -0.25) is 0 Å². The van der Waals surface area contributed by atoms with Crippen molar-refractivity contribution >= 4 is 0 Å². The fourth-order valence-electron chi connectivity index (χ4n) is 3.22. The zero-order valence-electron chi connectivity index (χ0n) is 10.7. The molecule has 0 saturated heterocycles. The first-order chi connectivity index (χ1) is 7.12. The van der Waals surface area contributed by atoms with Gasteiger partial charge in [-0.05, 0) is 56.3 Å². The van der Waals surface area contributed by atoms with Gasteiger partial charge in [0.1, 0.15) is 0 Å². The lowest BCUT2D eigenvalue weighted by molar-refractivity contribution is 0.0942. The van der Waals surface area contributed by atoms with Gasteiger partial charge in [0.25, 0.3) is 0 Å². The maximum absolute atomic E-state index is 3.78. The number of hydrogen-bond donors (Lipinski definition) is 1. The summed E-state index contributed by atoms with van der Waals surface area (Å²) in [5, 5.41) is 3.78. The summed E-state index contributed by atoms with van der Waals surface area (Å²) < 4.78 is 0. The molecule has 1 heteroatoms. The van der Waals surface area contributed by atoms with Crippen LogP contribution in [0.15, 0.2) is 0 Å². The van der Waals surface area contributed by atoms with Crippen LogP contribution in [0.1, 0.15) is 59.3 Å². The third-order valence-electron chi connectivity index (χ3n) is 4.42. The average molecular weight is 209 g/mol. The maximum Gasteiger partial charge on any atom is 0.00413 e. The minimum Gasteiger partial charge on any atom is -0.314 e. The molecule has 1 nitrogen and oxygen atoms in total. The molecule has 2 fully saturated rings. The van der Waals surface area contributed by atoms with Crippen molar-refractivity contribution in [2.45, 2.75) is 65.3 Å². The van der Waals surface area contributed by atoms with Crippen molar-refractivity contribution in [2.75, 3.05) is 6.54 Å². The maximum atomic E-state index is 3.78. The Morgan fingerprint density at radius 2 is 1.87 bits per heavy atom. The van der Waals surface area contributed by atoms with Crippen molar-refractivity contribution in [2.24, 2.45) is 17.3 Å². The van der Waals surface area contributed by atoms with Crippen molar-refractivity contribution < 1.29 is 0 Å². The Bertz CT molecular complexity index is 201. The Morgan fingerprint density at radius 3 is 2.27 bits per heavy atom. The lowest BCUT2D eigenvalue weighted by atomic mass is 9.65. The third kappa shape index (κ3) is 2.75. The van der Waals surface area contributed by atoms with Crippen LogP contribution in [0.25, 0.3) is 0 Å². The molecule has 0 heterocycles. The second kappa shape index (κ2) is 4.45. The van der Waals surface area contributed by atoms with E-state index in [1.54, 1.807) is 0 Å². The van der Waals surface area contributed by atoms with Gasteiger partial charge >= 0.3 is 0 Å². The Balaban J connectivity index is 1.71. The van der Waals surface area contributed by atoms with Crippen LogP contribution in [-0.4, -0.2) is 12.6 Å². The summed E-state index contributed by atoms with van der Waals surface area (Å²) in [6, 6.07) is 0.709. The van der Waals surface area contributed by atoms with Crippen LogP contribution in [0.2, 0.25) is 0 Å². The van der Waals surface area contributed by atoms with Crippen LogP contribution in [0, 0.1) is 17.3 Å². The van der Waals surface area contributed by atoms with E-state index in [1.807, 2.05) is 0 Å². The monoisotopic (exact) mass is 209 g/mol. The van der Waals surface area contributed by atoms with Gasteiger partial charge in [0, 0.05) is 12.6 Å². The molecule has 0 aromatic carbocycles. The van der Waals surface area contributed by atoms with Gasteiger partial charge in [-0.15, -0.1) is 0 Å². The first kappa shape index (κ1) is 11.4. The zero-order chi connectivity index (χ0) is 10.9. The van der Waals surface area contributed by atoms with Gasteiger partial charge in [0.05, 0.1) is 0 Å². The third-order valence-corrected chi connectivity index (χ3v) is 4.42. The lowest BCUT2D eigenvalue weighted by Gasteiger charge is -2.43. The Kier molecular flexibility index (Phi) is 3.39. The van der Waals surface area contributed by atoms with E-state index in [4.69, 9.17) is 0 Å². The van der Waals surface area contributed by atoms with Crippen molar-refractivity contribution in [1.29, 1.82) is 0 Å². The van der Waals surface area contributed by atoms with Crippen molar-refractivity contribution in [3.8, 4) is 0 Å². The number of nitrogens with one attached hydrogen (secondary N) is 1. The topological polar surface area (TPSA) is 12.0 Å². The molecule has 15 heavy (non-hydrogen) atoms. The van der Waals surface area contributed by atoms with E-state index in [0.29, 0.717) is 6.04 Å². The van der Waals surface area contributed by atoms with Gasteiger partial charge in [0.2, 0.25) is 0 Å². The molecule has 0 bridgehead atoms. The van der Waals surface area contributed by atoms with Gasteiger partial charge in [-0.25, -0.2) is 0 Å². The molecule has 1 atom stereocenters. The normalized spacial score (nSPS) is 26.4. The summed E-state index contributed by atoms with van der Waals surface area (Å²) in [5.41, 5.74) is 0.741. The molecule has 2 saturated carbocycles. The average Bonchev–Trinajstić information content (AvgIpc) is 2.84. The molecular weight excluding hydrogens is 182 g/mol. The highest BCUT2D eigenvalue weighted by atomic mass is 14.9. The minimum absolute atomic E-state index is 0.709. The number of rotatable bonds is 6. The Labute approximate surface area is 95.0 Å². The summed E-state index contributed by atoms with van der Waals surface area (Å²) in [4.78, 5) is 0. The standard InChI is InChI=1S/C14H27N/c1-11(2)9-12(3)15-10-14(7-4-8-14)13-5-6-13/h11-13,15H,4-10H2,1-3H3. The van der Waals surface area contributed by atoms with Crippen LogP contribution >= 0.6 is 0 Å². The summed E-state index contributed by atoms with van der Waals surface area (Å²) in [6.07, 6.45) is 8.83. The second-order valence-electron chi connectivity index (χ2n) is 6.40. The molecule has 88 valence electrons. The van der Waals surface area contributed by atoms with Crippen LogP contribution in [0.5, 0.6) is 0 Å². The highest BCUT2D eigenvalue weighted by molar-refractivity contribution is 5.00. The van der Waals surface area contributed by atoms with Gasteiger partial charge in [-0.1, -0.05) is 20.3 Å². The summed E-state index contributed by atoms with van der Waals surface area (Å²) in [6.45, 7) is 8.28. The van der Waals surface area contributed by atoms with Gasteiger partial charge < -0.3 is 5.32 Å². The Hall–Kier alpha value is -0.0400. The molecule has 2 rings (SSSR count). The Morgan fingerprint density at radius 1 is 1.20 bits per heavy atom.